The van der Waals surface area contributed by atoms with Crippen LogP contribution in [0.5, 0.6) is 0 Å². The minimum atomic E-state index is 0.457. The van der Waals surface area contributed by atoms with Crippen LogP contribution in [0.1, 0.15) is 54.9 Å². The lowest BCUT2D eigenvalue weighted by molar-refractivity contribution is 0.792. The zero-order valence-electron chi connectivity index (χ0n) is 12.7. The molecule has 108 valence electrons. The van der Waals surface area contributed by atoms with Crippen molar-refractivity contribution in [3.8, 4) is 0 Å². The predicted octanol–water partition coefficient (Wildman–Crippen LogP) is 6.45. The molecule has 1 unspecified atom stereocenters. The van der Waals surface area contributed by atoms with Gasteiger partial charge in [-0.15, -0.1) is 0 Å². The van der Waals surface area contributed by atoms with E-state index >= 15 is 0 Å². The smallest absolute Gasteiger partial charge is 0.0219 e. The second kappa shape index (κ2) is 6.19. The summed E-state index contributed by atoms with van der Waals surface area (Å²) in [5.41, 5.74) is 7.17. The van der Waals surface area contributed by atoms with Crippen LogP contribution in [0.15, 0.2) is 46.9 Å². The number of unbranched alkanes of at least 4 members (excludes halogenated alkanes) is 1. The van der Waals surface area contributed by atoms with Crippen molar-refractivity contribution in [3.05, 3.63) is 69.2 Å². The minimum absolute atomic E-state index is 0.457. The summed E-state index contributed by atoms with van der Waals surface area (Å²) < 4.78 is 1.23. The van der Waals surface area contributed by atoms with Gasteiger partial charge in [0.25, 0.3) is 0 Å². The molecule has 3 rings (SSSR count). The molecule has 21 heavy (non-hydrogen) atoms. The third kappa shape index (κ3) is 2.72. The maximum absolute atomic E-state index is 3.71. The molecule has 0 aliphatic heterocycles. The average Bonchev–Trinajstić information content (AvgIpc) is 2.84. The summed E-state index contributed by atoms with van der Waals surface area (Å²) in [5, 5.41) is 0. The lowest BCUT2D eigenvalue weighted by atomic mass is 9.89. The van der Waals surface area contributed by atoms with E-state index in [9.17, 15) is 0 Å². The highest BCUT2D eigenvalue weighted by Crippen LogP contribution is 2.45. The Kier molecular flexibility index (Phi) is 4.30. The maximum atomic E-state index is 3.71. The van der Waals surface area contributed by atoms with Crippen molar-refractivity contribution < 1.29 is 0 Å². The Bertz CT molecular complexity index is 682. The zero-order chi connectivity index (χ0) is 14.8. The van der Waals surface area contributed by atoms with Crippen molar-refractivity contribution in [2.75, 3.05) is 0 Å². The summed E-state index contributed by atoms with van der Waals surface area (Å²) >= 11 is 3.71. The molecule has 0 fully saturated rings. The highest BCUT2D eigenvalue weighted by Gasteiger charge is 2.25. The van der Waals surface area contributed by atoms with Gasteiger partial charge in [0, 0.05) is 10.4 Å². The van der Waals surface area contributed by atoms with Crippen LogP contribution in [-0.4, -0.2) is 0 Å². The minimum Gasteiger partial charge on any atom is -0.0654 e. The summed E-state index contributed by atoms with van der Waals surface area (Å²) in [6.07, 6.45) is 6.05. The van der Waals surface area contributed by atoms with Crippen molar-refractivity contribution >= 4 is 27.6 Å². The molecule has 0 aromatic heterocycles. The summed E-state index contributed by atoms with van der Waals surface area (Å²) in [4.78, 5) is 0. The van der Waals surface area contributed by atoms with E-state index in [1.165, 1.54) is 51.6 Å². The first-order valence-electron chi connectivity index (χ1n) is 7.80. The third-order valence-electron chi connectivity index (χ3n) is 4.43. The summed E-state index contributed by atoms with van der Waals surface area (Å²) in [6, 6.07) is 15.4. The third-order valence-corrected chi connectivity index (χ3v) is 5.12. The van der Waals surface area contributed by atoms with Gasteiger partial charge in [0.2, 0.25) is 0 Å². The van der Waals surface area contributed by atoms with Crippen LogP contribution in [0.25, 0.3) is 11.6 Å². The fourth-order valence-electron chi connectivity index (χ4n) is 3.28. The van der Waals surface area contributed by atoms with Gasteiger partial charge in [-0.3, -0.25) is 0 Å². The molecular weight excluding hydrogens is 320 g/mol. The second-order valence-electron chi connectivity index (χ2n) is 5.82. The Balaban J connectivity index is 2.02. The van der Waals surface area contributed by atoms with Crippen LogP contribution in [0, 0.1) is 0 Å². The highest BCUT2D eigenvalue weighted by molar-refractivity contribution is 9.10. The molecular formula is C20H21Br. The van der Waals surface area contributed by atoms with Gasteiger partial charge in [-0.05, 0) is 46.7 Å². The molecule has 1 aliphatic carbocycles. The molecule has 0 N–H and O–H groups in total. The maximum Gasteiger partial charge on any atom is 0.0219 e. The van der Waals surface area contributed by atoms with Crippen LogP contribution in [0.3, 0.4) is 0 Å². The molecule has 2 aromatic rings. The fraction of sp³-hybridized carbons (Fsp3) is 0.300. The standard InChI is InChI=1S/C20H21Br/c1-3-4-8-15-9-5-6-11-17(15)18-13-16-10-7-12-19(21)20(16)14(18)2/h5-7,9-14H,3-4,8H2,1-2H3. The number of hydrogen-bond acceptors (Lipinski definition) is 0. The van der Waals surface area contributed by atoms with Gasteiger partial charge in [0.05, 0.1) is 0 Å². The number of fused-ring (bicyclic) bond motifs is 1. The lowest BCUT2D eigenvalue weighted by Gasteiger charge is -2.16. The number of allylic oxidation sites excluding steroid dienone is 1. The van der Waals surface area contributed by atoms with Crippen LogP contribution in [-0.2, 0) is 6.42 Å². The van der Waals surface area contributed by atoms with Crippen LogP contribution >= 0.6 is 15.9 Å². The first-order chi connectivity index (χ1) is 10.2. The summed E-state index contributed by atoms with van der Waals surface area (Å²) in [7, 11) is 0. The SMILES string of the molecule is CCCCc1ccccc1C1=Cc2cccc(Br)c2C1C. The van der Waals surface area contributed by atoms with Crippen molar-refractivity contribution in [2.24, 2.45) is 0 Å². The van der Waals surface area contributed by atoms with Crippen molar-refractivity contribution in [2.45, 2.75) is 39.0 Å². The quantitative estimate of drug-likeness (QED) is 0.599. The van der Waals surface area contributed by atoms with Gasteiger partial charge < -0.3 is 0 Å². The van der Waals surface area contributed by atoms with Crippen LogP contribution in [0.4, 0.5) is 0 Å². The van der Waals surface area contributed by atoms with Gasteiger partial charge in [-0.2, -0.15) is 0 Å². The van der Waals surface area contributed by atoms with Gasteiger partial charge in [-0.25, -0.2) is 0 Å². The first kappa shape index (κ1) is 14.6. The molecule has 2 aromatic carbocycles. The molecule has 0 spiro atoms. The fourth-order valence-corrected chi connectivity index (χ4v) is 4.01. The Morgan fingerprint density at radius 1 is 1.05 bits per heavy atom. The molecule has 1 atom stereocenters. The molecule has 0 saturated carbocycles. The first-order valence-corrected chi connectivity index (χ1v) is 8.60. The number of halogens is 1. The number of rotatable bonds is 4. The molecule has 0 radical (unpaired) electrons. The second-order valence-corrected chi connectivity index (χ2v) is 6.68. The molecule has 0 amide bonds. The van der Waals surface area contributed by atoms with Gasteiger partial charge in [0.1, 0.15) is 0 Å². The van der Waals surface area contributed by atoms with Gasteiger partial charge in [-0.1, -0.05) is 78.7 Å². The van der Waals surface area contributed by atoms with E-state index in [1.54, 1.807) is 0 Å². The molecule has 0 saturated heterocycles. The van der Waals surface area contributed by atoms with Crippen molar-refractivity contribution in [3.63, 3.8) is 0 Å². The molecule has 0 bridgehead atoms. The van der Waals surface area contributed by atoms with E-state index in [4.69, 9.17) is 0 Å². The van der Waals surface area contributed by atoms with E-state index in [0.29, 0.717) is 5.92 Å². The monoisotopic (exact) mass is 340 g/mol. The van der Waals surface area contributed by atoms with E-state index in [-0.39, 0.29) is 0 Å². The van der Waals surface area contributed by atoms with Gasteiger partial charge in [0.15, 0.2) is 0 Å². The number of hydrogen-bond donors (Lipinski definition) is 0. The number of benzene rings is 2. The summed E-state index contributed by atoms with van der Waals surface area (Å²) in [5.74, 6) is 0.457. The zero-order valence-corrected chi connectivity index (χ0v) is 14.3. The molecule has 1 aliphatic rings. The Morgan fingerprint density at radius 2 is 1.86 bits per heavy atom. The van der Waals surface area contributed by atoms with E-state index in [1.807, 2.05) is 0 Å². The predicted molar refractivity (Wildman–Crippen MR) is 95.5 cm³/mol. The van der Waals surface area contributed by atoms with Crippen molar-refractivity contribution in [1.82, 2.24) is 0 Å². The van der Waals surface area contributed by atoms with E-state index < -0.39 is 0 Å². The molecule has 0 nitrogen and oxygen atoms in total. The molecule has 1 heteroatoms. The largest absolute Gasteiger partial charge is 0.0654 e. The average molecular weight is 341 g/mol. The van der Waals surface area contributed by atoms with E-state index in [2.05, 4.69) is 78.3 Å². The van der Waals surface area contributed by atoms with Crippen LogP contribution < -0.4 is 0 Å². The number of aryl methyl sites for hydroxylation is 1. The Morgan fingerprint density at radius 3 is 2.62 bits per heavy atom. The topological polar surface area (TPSA) is 0 Å². The summed E-state index contributed by atoms with van der Waals surface area (Å²) in [6.45, 7) is 4.58. The van der Waals surface area contributed by atoms with E-state index in [0.717, 1.165) is 0 Å². The highest BCUT2D eigenvalue weighted by atomic mass is 79.9. The molecule has 0 heterocycles. The Hall–Kier alpha value is -1.34. The Labute approximate surface area is 136 Å². The lowest BCUT2D eigenvalue weighted by Crippen LogP contribution is -1.98. The normalized spacial score (nSPS) is 16.7. The van der Waals surface area contributed by atoms with Gasteiger partial charge >= 0.3 is 0 Å². The van der Waals surface area contributed by atoms with Crippen molar-refractivity contribution in [1.29, 1.82) is 0 Å². The van der Waals surface area contributed by atoms with Crippen LogP contribution in [0.2, 0.25) is 0 Å².